The lowest BCUT2D eigenvalue weighted by atomic mass is 9.91. The molecule has 0 bridgehead atoms. The molecular formula is C31H31FN2O4. The minimum atomic E-state index is -0.312. The van der Waals surface area contributed by atoms with Gasteiger partial charge in [-0.2, -0.15) is 0 Å². The topological polar surface area (TPSA) is 64.8 Å². The van der Waals surface area contributed by atoms with E-state index in [2.05, 4.69) is 16.1 Å². The molecule has 38 heavy (non-hydrogen) atoms. The van der Waals surface area contributed by atoms with Crippen molar-refractivity contribution in [2.75, 3.05) is 26.2 Å². The third-order valence-electron chi connectivity index (χ3n) is 6.89. The standard InChI is InChI=1S/C31H31FN2O4/c1-22(35)25-9-12-28(37-21-23-7-3-2-4-8-23)30(19-25)36-18-6-5-15-34-16-13-24(14-17-34)31-27-11-10-26(32)20-29(27)38-33-31/h2-12,19-20,24H,13-18,21H2,1H3/b6-5+. The van der Waals surface area contributed by atoms with Crippen LogP contribution >= 0.6 is 0 Å². The fourth-order valence-corrected chi connectivity index (χ4v) is 4.74. The van der Waals surface area contributed by atoms with Crippen LogP contribution in [0.15, 0.2) is 83.4 Å². The molecular weight excluding hydrogens is 483 g/mol. The van der Waals surface area contributed by atoms with E-state index in [1.165, 1.54) is 19.1 Å². The number of aromatic nitrogens is 1. The summed E-state index contributed by atoms with van der Waals surface area (Å²) in [6.45, 7) is 5.06. The minimum Gasteiger partial charge on any atom is -0.486 e. The van der Waals surface area contributed by atoms with E-state index in [0.29, 0.717) is 41.8 Å². The van der Waals surface area contributed by atoms with Crippen LogP contribution in [0.3, 0.4) is 0 Å². The van der Waals surface area contributed by atoms with Gasteiger partial charge in [0.2, 0.25) is 0 Å². The molecule has 0 atom stereocenters. The van der Waals surface area contributed by atoms with E-state index in [-0.39, 0.29) is 11.6 Å². The molecule has 2 heterocycles. The third kappa shape index (κ3) is 6.29. The van der Waals surface area contributed by atoms with Gasteiger partial charge in [-0.15, -0.1) is 0 Å². The Hall–Kier alpha value is -3.97. The minimum absolute atomic E-state index is 0.0193. The lowest BCUT2D eigenvalue weighted by Crippen LogP contribution is -2.33. The highest BCUT2D eigenvalue weighted by molar-refractivity contribution is 5.94. The molecule has 0 radical (unpaired) electrons. The number of carbonyl (C=O) groups is 1. The van der Waals surface area contributed by atoms with Crippen LogP contribution < -0.4 is 9.47 Å². The van der Waals surface area contributed by atoms with Crippen LogP contribution in [0.4, 0.5) is 4.39 Å². The fourth-order valence-electron chi connectivity index (χ4n) is 4.74. The number of nitrogens with zero attached hydrogens (tertiary/aromatic N) is 2. The largest absolute Gasteiger partial charge is 0.486 e. The summed E-state index contributed by atoms with van der Waals surface area (Å²) in [6.07, 6.45) is 6.05. The molecule has 3 aromatic carbocycles. The quantitative estimate of drug-likeness (QED) is 0.176. The second-order valence-electron chi connectivity index (χ2n) is 9.56. The number of benzene rings is 3. The van der Waals surface area contributed by atoms with Gasteiger partial charge in [0.1, 0.15) is 19.0 Å². The Morgan fingerprint density at radius 3 is 2.63 bits per heavy atom. The van der Waals surface area contributed by atoms with E-state index in [1.807, 2.05) is 36.4 Å². The fraction of sp³-hybridized carbons (Fsp3) is 0.290. The predicted octanol–water partition coefficient (Wildman–Crippen LogP) is 6.56. The van der Waals surface area contributed by atoms with Crippen LogP contribution in [0.25, 0.3) is 11.0 Å². The summed E-state index contributed by atoms with van der Waals surface area (Å²) in [5.74, 6) is 1.15. The molecule has 7 heteroatoms. The molecule has 0 amide bonds. The van der Waals surface area contributed by atoms with Gasteiger partial charge in [-0.1, -0.05) is 47.6 Å². The maximum absolute atomic E-state index is 13.4. The van der Waals surface area contributed by atoms with E-state index in [0.717, 1.165) is 49.1 Å². The zero-order chi connectivity index (χ0) is 26.3. The highest BCUT2D eigenvalue weighted by Gasteiger charge is 2.24. The molecule has 1 aliphatic heterocycles. The van der Waals surface area contributed by atoms with Crippen molar-refractivity contribution in [1.29, 1.82) is 0 Å². The molecule has 196 valence electrons. The number of rotatable bonds is 10. The van der Waals surface area contributed by atoms with Gasteiger partial charge < -0.3 is 14.0 Å². The van der Waals surface area contributed by atoms with Gasteiger partial charge in [-0.3, -0.25) is 9.69 Å². The predicted molar refractivity (Wildman–Crippen MR) is 144 cm³/mol. The van der Waals surface area contributed by atoms with Crippen LogP contribution in [-0.2, 0) is 6.61 Å². The Labute approximate surface area is 221 Å². The smallest absolute Gasteiger partial charge is 0.170 e. The monoisotopic (exact) mass is 514 g/mol. The normalized spacial score (nSPS) is 14.8. The molecule has 6 nitrogen and oxygen atoms in total. The van der Waals surface area contributed by atoms with Gasteiger partial charge in [-0.25, -0.2) is 4.39 Å². The number of fused-ring (bicyclic) bond motifs is 1. The lowest BCUT2D eigenvalue weighted by molar-refractivity contribution is 0.101. The molecule has 4 aromatic rings. The highest BCUT2D eigenvalue weighted by atomic mass is 19.1. The van der Waals surface area contributed by atoms with Crippen LogP contribution in [0, 0.1) is 5.82 Å². The van der Waals surface area contributed by atoms with Gasteiger partial charge in [0.05, 0.1) is 5.69 Å². The molecule has 1 aromatic heterocycles. The van der Waals surface area contributed by atoms with E-state index in [1.54, 1.807) is 24.3 Å². The first-order valence-electron chi connectivity index (χ1n) is 12.9. The summed E-state index contributed by atoms with van der Waals surface area (Å²) in [5, 5.41) is 5.14. The Morgan fingerprint density at radius 2 is 1.84 bits per heavy atom. The Balaban J connectivity index is 1.12. The first-order valence-corrected chi connectivity index (χ1v) is 12.9. The van der Waals surface area contributed by atoms with Crippen LogP contribution in [0.1, 0.15) is 47.3 Å². The van der Waals surface area contributed by atoms with Crippen molar-refractivity contribution in [3.05, 3.63) is 102 Å². The zero-order valence-corrected chi connectivity index (χ0v) is 21.4. The average molecular weight is 515 g/mol. The molecule has 0 aliphatic carbocycles. The van der Waals surface area contributed by atoms with Gasteiger partial charge in [0.15, 0.2) is 22.9 Å². The van der Waals surface area contributed by atoms with Crippen molar-refractivity contribution in [3.63, 3.8) is 0 Å². The maximum atomic E-state index is 13.4. The summed E-state index contributed by atoms with van der Waals surface area (Å²) >= 11 is 0. The summed E-state index contributed by atoms with van der Waals surface area (Å²) < 4.78 is 30.8. The van der Waals surface area contributed by atoms with Crippen molar-refractivity contribution in [2.24, 2.45) is 0 Å². The highest BCUT2D eigenvalue weighted by Crippen LogP contribution is 2.33. The lowest BCUT2D eigenvalue weighted by Gasteiger charge is -2.30. The molecule has 0 N–H and O–H groups in total. The molecule has 0 unspecified atom stereocenters. The maximum Gasteiger partial charge on any atom is 0.170 e. The number of likely N-dealkylation sites (tertiary alicyclic amines) is 1. The van der Waals surface area contributed by atoms with E-state index in [4.69, 9.17) is 14.0 Å². The number of halogens is 1. The van der Waals surface area contributed by atoms with E-state index in [9.17, 15) is 9.18 Å². The van der Waals surface area contributed by atoms with E-state index < -0.39 is 0 Å². The van der Waals surface area contributed by atoms with Crippen molar-refractivity contribution < 1.29 is 23.2 Å². The zero-order valence-electron chi connectivity index (χ0n) is 21.4. The second-order valence-corrected chi connectivity index (χ2v) is 9.56. The molecule has 0 saturated carbocycles. The summed E-state index contributed by atoms with van der Waals surface area (Å²) in [7, 11) is 0. The van der Waals surface area contributed by atoms with Crippen LogP contribution in [0.2, 0.25) is 0 Å². The number of ketones is 1. The van der Waals surface area contributed by atoms with Gasteiger partial charge in [0, 0.05) is 29.5 Å². The van der Waals surface area contributed by atoms with Gasteiger partial charge in [-0.05, 0) is 68.8 Å². The van der Waals surface area contributed by atoms with Crippen molar-refractivity contribution >= 4 is 16.8 Å². The number of piperidine rings is 1. The average Bonchev–Trinajstić information content (AvgIpc) is 3.36. The Morgan fingerprint density at radius 1 is 1.03 bits per heavy atom. The molecule has 1 saturated heterocycles. The number of carbonyl (C=O) groups excluding carboxylic acids is 1. The Bertz CT molecular complexity index is 1410. The molecule has 1 aliphatic rings. The van der Waals surface area contributed by atoms with Crippen LogP contribution in [-0.4, -0.2) is 42.1 Å². The number of hydrogen-bond acceptors (Lipinski definition) is 6. The number of Topliss-reactive ketones (excluding diaryl/α,β-unsaturated/α-hetero) is 1. The van der Waals surface area contributed by atoms with E-state index >= 15 is 0 Å². The summed E-state index contributed by atoms with van der Waals surface area (Å²) in [6, 6.07) is 19.8. The Kier molecular flexibility index (Phi) is 8.14. The third-order valence-corrected chi connectivity index (χ3v) is 6.89. The van der Waals surface area contributed by atoms with Crippen molar-refractivity contribution in [1.82, 2.24) is 10.1 Å². The summed E-state index contributed by atoms with van der Waals surface area (Å²) in [5.41, 5.74) is 3.09. The molecule has 5 rings (SSSR count). The van der Waals surface area contributed by atoms with Crippen LogP contribution in [0.5, 0.6) is 11.5 Å². The van der Waals surface area contributed by atoms with Crippen molar-refractivity contribution in [3.8, 4) is 11.5 Å². The molecule has 1 fully saturated rings. The first kappa shape index (κ1) is 25.7. The summed E-state index contributed by atoms with van der Waals surface area (Å²) in [4.78, 5) is 14.3. The molecule has 0 spiro atoms. The second kappa shape index (κ2) is 12.0. The van der Waals surface area contributed by atoms with Crippen molar-refractivity contribution in [2.45, 2.75) is 32.3 Å². The van der Waals surface area contributed by atoms with Gasteiger partial charge in [0.25, 0.3) is 0 Å². The number of hydrogen-bond donors (Lipinski definition) is 0. The SMILES string of the molecule is CC(=O)c1ccc(OCc2ccccc2)c(OC/C=C/CN2CCC(c3noc4cc(F)ccc34)CC2)c1. The van der Waals surface area contributed by atoms with Gasteiger partial charge >= 0.3 is 0 Å². The number of ether oxygens (including phenoxy) is 2. The first-order chi connectivity index (χ1) is 18.6.